The zero-order chi connectivity index (χ0) is 23.0. The molecule has 2 aromatic rings. The van der Waals surface area contributed by atoms with Crippen LogP contribution in [0.15, 0.2) is 47.4 Å². The molecule has 0 spiro atoms. The Bertz CT molecular complexity index is 1020. The summed E-state index contributed by atoms with van der Waals surface area (Å²) in [7, 11) is -3.62. The van der Waals surface area contributed by atoms with Gasteiger partial charge in [0.1, 0.15) is 0 Å². The summed E-state index contributed by atoms with van der Waals surface area (Å²) < 4.78 is 27.1. The fraction of sp³-hybridized carbons (Fsp3) is 0.391. The molecular weight excluding hydrogens is 414 g/mol. The lowest BCUT2D eigenvalue weighted by Crippen LogP contribution is -2.30. The van der Waals surface area contributed by atoms with Crippen molar-refractivity contribution in [1.29, 1.82) is 0 Å². The first kappa shape index (κ1) is 24.6. The number of benzene rings is 2. The van der Waals surface area contributed by atoms with Gasteiger partial charge in [0.15, 0.2) is 0 Å². The third-order valence-electron chi connectivity index (χ3n) is 5.16. The van der Waals surface area contributed by atoms with E-state index in [9.17, 15) is 18.0 Å². The lowest BCUT2D eigenvalue weighted by Gasteiger charge is -2.20. The molecule has 0 aliphatic heterocycles. The number of nitrogens with zero attached hydrogens (tertiary/aromatic N) is 1. The maximum absolute atomic E-state index is 12.9. The van der Waals surface area contributed by atoms with Crippen LogP contribution in [0.5, 0.6) is 0 Å². The third kappa shape index (κ3) is 6.38. The minimum atomic E-state index is -3.62. The van der Waals surface area contributed by atoms with Crippen LogP contribution in [0.25, 0.3) is 0 Å². The Kier molecular flexibility index (Phi) is 8.76. The minimum absolute atomic E-state index is 0.171. The predicted molar refractivity (Wildman–Crippen MR) is 123 cm³/mol. The van der Waals surface area contributed by atoms with Gasteiger partial charge in [-0.2, -0.15) is 4.31 Å². The van der Waals surface area contributed by atoms with Crippen molar-refractivity contribution in [3.8, 4) is 0 Å². The van der Waals surface area contributed by atoms with Crippen molar-refractivity contribution in [3.05, 3.63) is 59.2 Å². The standard InChI is InChI=1S/C23H31N3O4S/c1-5-26(6-2)31(29,30)20-15-17(3)18(4)21(16-20)25-22(27)13-10-14-24-23(28)19-11-8-7-9-12-19/h7-9,11-12,15-16H,5-6,10,13-14H2,1-4H3,(H,24,28)(H,25,27). The predicted octanol–water partition coefficient (Wildman–Crippen LogP) is 3.48. The van der Waals surface area contributed by atoms with Crippen LogP contribution in [-0.2, 0) is 14.8 Å². The van der Waals surface area contributed by atoms with Gasteiger partial charge in [0.2, 0.25) is 15.9 Å². The average molecular weight is 446 g/mol. The van der Waals surface area contributed by atoms with Gasteiger partial charge in [-0.05, 0) is 55.7 Å². The van der Waals surface area contributed by atoms with Gasteiger partial charge in [0, 0.05) is 37.3 Å². The summed E-state index contributed by atoms with van der Waals surface area (Å²) in [6.07, 6.45) is 0.681. The molecule has 8 heteroatoms. The summed E-state index contributed by atoms with van der Waals surface area (Å²) in [5.41, 5.74) is 2.68. The fourth-order valence-corrected chi connectivity index (χ4v) is 4.74. The van der Waals surface area contributed by atoms with Gasteiger partial charge in [0.05, 0.1) is 4.90 Å². The second-order valence-electron chi connectivity index (χ2n) is 7.28. The molecule has 2 rings (SSSR count). The fourth-order valence-electron chi connectivity index (χ4n) is 3.17. The molecule has 0 atom stereocenters. The van der Waals surface area contributed by atoms with Gasteiger partial charge >= 0.3 is 0 Å². The highest BCUT2D eigenvalue weighted by Gasteiger charge is 2.23. The van der Waals surface area contributed by atoms with Crippen LogP contribution in [0.1, 0.15) is 48.2 Å². The molecule has 0 unspecified atom stereocenters. The lowest BCUT2D eigenvalue weighted by molar-refractivity contribution is -0.116. The normalized spacial score (nSPS) is 11.4. The van der Waals surface area contributed by atoms with Gasteiger partial charge in [0.25, 0.3) is 5.91 Å². The molecule has 0 saturated heterocycles. The van der Waals surface area contributed by atoms with Gasteiger partial charge in [-0.25, -0.2) is 8.42 Å². The summed E-state index contributed by atoms with van der Waals surface area (Å²) in [4.78, 5) is 24.6. The number of hydrogen-bond acceptors (Lipinski definition) is 4. The van der Waals surface area contributed by atoms with Crippen LogP contribution in [0.4, 0.5) is 5.69 Å². The van der Waals surface area contributed by atoms with Crippen LogP contribution in [0.3, 0.4) is 0 Å². The Morgan fingerprint density at radius 1 is 1.00 bits per heavy atom. The molecular formula is C23H31N3O4S. The number of nitrogens with one attached hydrogen (secondary N) is 2. The number of carbonyl (C=O) groups is 2. The largest absolute Gasteiger partial charge is 0.352 e. The average Bonchev–Trinajstić information content (AvgIpc) is 2.75. The zero-order valence-electron chi connectivity index (χ0n) is 18.6. The Labute approximate surface area is 184 Å². The number of amides is 2. The maximum Gasteiger partial charge on any atom is 0.251 e. The van der Waals surface area contributed by atoms with E-state index in [4.69, 9.17) is 0 Å². The summed E-state index contributed by atoms with van der Waals surface area (Å²) >= 11 is 0. The quantitative estimate of drug-likeness (QED) is 0.547. The number of aryl methyl sites for hydroxylation is 1. The van der Waals surface area contributed by atoms with Crippen molar-refractivity contribution in [1.82, 2.24) is 9.62 Å². The van der Waals surface area contributed by atoms with Crippen LogP contribution >= 0.6 is 0 Å². The molecule has 2 aromatic carbocycles. The highest BCUT2D eigenvalue weighted by molar-refractivity contribution is 7.89. The molecule has 0 radical (unpaired) electrons. The molecule has 0 fully saturated rings. The number of sulfonamides is 1. The molecule has 0 aromatic heterocycles. The number of hydrogen-bond donors (Lipinski definition) is 2. The molecule has 0 bridgehead atoms. The first-order chi connectivity index (χ1) is 14.7. The van der Waals surface area contributed by atoms with Crippen LogP contribution in [0.2, 0.25) is 0 Å². The van der Waals surface area contributed by atoms with E-state index < -0.39 is 10.0 Å². The molecule has 168 valence electrons. The highest BCUT2D eigenvalue weighted by Crippen LogP contribution is 2.26. The van der Waals surface area contributed by atoms with E-state index in [2.05, 4.69) is 10.6 Å². The van der Waals surface area contributed by atoms with Gasteiger partial charge in [-0.15, -0.1) is 0 Å². The van der Waals surface area contributed by atoms with Crippen molar-refractivity contribution < 1.29 is 18.0 Å². The topological polar surface area (TPSA) is 95.6 Å². The van der Waals surface area contributed by atoms with Gasteiger partial charge < -0.3 is 10.6 Å². The number of carbonyl (C=O) groups excluding carboxylic acids is 2. The Morgan fingerprint density at radius 3 is 2.26 bits per heavy atom. The molecule has 0 saturated carbocycles. The molecule has 0 heterocycles. The molecule has 0 aliphatic carbocycles. The zero-order valence-corrected chi connectivity index (χ0v) is 19.4. The third-order valence-corrected chi connectivity index (χ3v) is 7.19. The number of rotatable bonds is 10. The Hall–Kier alpha value is -2.71. The Morgan fingerprint density at radius 2 is 1.65 bits per heavy atom. The van der Waals surface area contributed by atoms with Crippen LogP contribution in [0, 0.1) is 13.8 Å². The smallest absolute Gasteiger partial charge is 0.251 e. The maximum atomic E-state index is 12.9. The minimum Gasteiger partial charge on any atom is -0.352 e. The second kappa shape index (κ2) is 11.1. The van der Waals surface area contributed by atoms with E-state index in [1.54, 1.807) is 44.2 Å². The second-order valence-corrected chi connectivity index (χ2v) is 9.21. The molecule has 31 heavy (non-hydrogen) atoms. The van der Waals surface area contributed by atoms with Gasteiger partial charge in [-0.3, -0.25) is 9.59 Å². The molecule has 7 nitrogen and oxygen atoms in total. The van der Waals surface area contributed by atoms with Crippen molar-refractivity contribution in [2.75, 3.05) is 25.0 Å². The summed E-state index contributed by atoms with van der Waals surface area (Å²) in [6.45, 7) is 8.38. The van der Waals surface area contributed by atoms with Crippen LogP contribution in [-0.4, -0.2) is 44.2 Å². The van der Waals surface area contributed by atoms with E-state index >= 15 is 0 Å². The first-order valence-corrected chi connectivity index (χ1v) is 11.9. The lowest BCUT2D eigenvalue weighted by atomic mass is 10.1. The summed E-state index contributed by atoms with van der Waals surface area (Å²) in [6, 6.07) is 12.0. The van der Waals surface area contributed by atoms with E-state index in [1.165, 1.54) is 10.4 Å². The van der Waals surface area contributed by atoms with Crippen molar-refractivity contribution >= 4 is 27.5 Å². The highest BCUT2D eigenvalue weighted by atomic mass is 32.2. The summed E-state index contributed by atoms with van der Waals surface area (Å²) in [5, 5.41) is 5.61. The number of anilines is 1. The summed E-state index contributed by atoms with van der Waals surface area (Å²) in [5.74, 6) is -0.407. The van der Waals surface area contributed by atoms with Gasteiger partial charge in [-0.1, -0.05) is 32.0 Å². The van der Waals surface area contributed by atoms with Crippen molar-refractivity contribution in [2.24, 2.45) is 0 Å². The van der Waals surface area contributed by atoms with Crippen molar-refractivity contribution in [2.45, 2.75) is 45.4 Å². The van der Waals surface area contributed by atoms with E-state index in [-0.39, 0.29) is 23.1 Å². The van der Waals surface area contributed by atoms with E-state index in [0.29, 0.717) is 37.3 Å². The first-order valence-electron chi connectivity index (χ1n) is 10.4. The Balaban J connectivity index is 1.99. The monoisotopic (exact) mass is 445 g/mol. The molecule has 2 N–H and O–H groups in total. The van der Waals surface area contributed by atoms with E-state index in [0.717, 1.165) is 11.1 Å². The SMILES string of the molecule is CCN(CC)S(=O)(=O)c1cc(C)c(C)c(NC(=O)CCCNC(=O)c2ccccc2)c1. The van der Waals surface area contributed by atoms with Crippen molar-refractivity contribution in [3.63, 3.8) is 0 Å². The molecule has 0 aliphatic rings. The van der Waals surface area contributed by atoms with Crippen LogP contribution < -0.4 is 10.6 Å². The molecule has 2 amide bonds. The van der Waals surface area contributed by atoms with E-state index in [1.807, 2.05) is 19.9 Å².